The fourth-order valence-electron chi connectivity index (χ4n) is 4.30. The van der Waals surface area contributed by atoms with Crippen molar-refractivity contribution in [3.8, 4) is 0 Å². The number of carbonyl (C=O) groups excluding carboxylic acids is 1. The molecule has 150 valence electrons. The zero-order valence-electron chi connectivity index (χ0n) is 16.1. The molecule has 2 aliphatic rings. The summed E-state index contributed by atoms with van der Waals surface area (Å²) in [6.45, 7) is 3.84. The molecule has 1 aromatic carbocycles. The minimum absolute atomic E-state index is 0.0336. The van der Waals surface area contributed by atoms with Gasteiger partial charge in [0.2, 0.25) is 15.9 Å². The van der Waals surface area contributed by atoms with Crippen molar-refractivity contribution < 1.29 is 17.9 Å². The van der Waals surface area contributed by atoms with Crippen LogP contribution in [0.15, 0.2) is 24.3 Å². The van der Waals surface area contributed by atoms with Crippen LogP contribution in [0.5, 0.6) is 0 Å². The fourth-order valence-corrected chi connectivity index (χ4v) is 5.62. The maximum Gasteiger partial charge on any atom is 0.230 e. The van der Waals surface area contributed by atoms with Crippen LogP contribution in [0, 0.1) is 6.92 Å². The summed E-state index contributed by atoms with van der Waals surface area (Å²) in [6.07, 6.45) is 4.83. The molecule has 1 aliphatic heterocycles. The highest BCUT2D eigenvalue weighted by atomic mass is 32.2. The van der Waals surface area contributed by atoms with Crippen molar-refractivity contribution in [2.24, 2.45) is 0 Å². The van der Waals surface area contributed by atoms with E-state index >= 15 is 0 Å². The highest BCUT2D eigenvalue weighted by Gasteiger charge is 2.41. The molecule has 1 N–H and O–H groups in total. The summed E-state index contributed by atoms with van der Waals surface area (Å²) in [5, 5.41) is 2.94. The molecule has 6 nitrogen and oxygen atoms in total. The lowest BCUT2D eigenvalue weighted by Crippen LogP contribution is -2.48. The molecule has 7 heteroatoms. The predicted molar refractivity (Wildman–Crippen MR) is 105 cm³/mol. The molecular weight excluding hydrogens is 364 g/mol. The standard InChI is InChI=1S/C20H30N2O4S/c1-17-7-3-4-8-18(17)20(9-5-2-6-10-20)19(23)21-11-16-27(24,25)22-12-14-26-15-13-22/h3-4,7-8H,2,5-6,9-16H2,1H3,(H,21,23). The molecule has 0 unspecified atom stereocenters. The van der Waals surface area contributed by atoms with Gasteiger partial charge in [-0.15, -0.1) is 0 Å². The Bertz CT molecular complexity index is 751. The van der Waals surface area contributed by atoms with E-state index < -0.39 is 15.4 Å². The summed E-state index contributed by atoms with van der Waals surface area (Å²) in [5.41, 5.74) is 1.67. The van der Waals surface area contributed by atoms with Crippen LogP contribution in [0.25, 0.3) is 0 Å². The maximum absolute atomic E-state index is 13.2. The van der Waals surface area contributed by atoms with E-state index in [0.29, 0.717) is 26.3 Å². The van der Waals surface area contributed by atoms with E-state index in [-0.39, 0.29) is 18.2 Å². The molecule has 1 saturated carbocycles. The number of sulfonamides is 1. The maximum atomic E-state index is 13.2. The molecule has 1 aliphatic carbocycles. The van der Waals surface area contributed by atoms with Crippen molar-refractivity contribution in [1.29, 1.82) is 0 Å². The van der Waals surface area contributed by atoms with Crippen LogP contribution in [0.1, 0.15) is 43.2 Å². The highest BCUT2D eigenvalue weighted by Crippen LogP contribution is 2.41. The van der Waals surface area contributed by atoms with Gasteiger partial charge in [-0.3, -0.25) is 4.79 Å². The number of hydrogen-bond donors (Lipinski definition) is 1. The Labute approximate surface area is 162 Å². The van der Waals surface area contributed by atoms with Gasteiger partial charge in [-0.2, -0.15) is 4.31 Å². The van der Waals surface area contributed by atoms with Gasteiger partial charge in [0.05, 0.1) is 24.4 Å². The van der Waals surface area contributed by atoms with Crippen molar-refractivity contribution in [2.75, 3.05) is 38.6 Å². The molecule has 1 heterocycles. The van der Waals surface area contributed by atoms with Gasteiger partial charge in [0.15, 0.2) is 0 Å². The number of carbonyl (C=O) groups is 1. The van der Waals surface area contributed by atoms with E-state index in [4.69, 9.17) is 4.74 Å². The molecule has 1 saturated heterocycles. The van der Waals surface area contributed by atoms with Crippen LogP contribution in [0.2, 0.25) is 0 Å². The first-order chi connectivity index (χ1) is 13.0. The third kappa shape index (κ3) is 4.52. The van der Waals surface area contributed by atoms with E-state index in [1.54, 1.807) is 0 Å². The van der Waals surface area contributed by atoms with Gasteiger partial charge >= 0.3 is 0 Å². The minimum atomic E-state index is -3.36. The molecule has 0 spiro atoms. The Balaban J connectivity index is 1.68. The Morgan fingerprint density at radius 2 is 1.81 bits per heavy atom. The smallest absolute Gasteiger partial charge is 0.230 e. The molecule has 0 aromatic heterocycles. The van der Waals surface area contributed by atoms with Crippen LogP contribution in [0.3, 0.4) is 0 Å². The highest BCUT2D eigenvalue weighted by molar-refractivity contribution is 7.89. The second-order valence-electron chi connectivity index (χ2n) is 7.54. The van der Waals surface area contributed by atoms with E-state index in [9.17, 15) is 13.2 Å². The van der Waals surface area contributed by atoms with Gasteiger partial charge in [0.25, 0.3) is 0 Å². The second-order valence-corrected chi connectivity index (χ2v) is 9.63. The van der Waals surface area contributed by atoms with Crippen LogP contribution in [0.4, 0.5) is 0 Å². The van der Waals surface area contributed by atoms with Crippen LogP contribution < -0.4 is 5.32 Å². The first-order valence-electron chi connectivity index (χ1n) is 9.86. The first-order valence-corrected chi connectivity index (χ1v) is 11.5. The quantitative estimate of drug-likeness (QED) is 0.800. The Morgan fingerprint density at radius 1 is 1.15 bits per heavy atom. The zero-order valence-corrected chi connectivity index (χ0v) is 16.9. The third-order valence-corrected chi connectivity index (χ3v) is 7.68. The summed E-state index contributed by atoms with van der Waals surface area (Å²) in [6, 6.07) is 8.06. The van der Waals surface area contributed by atoms with E-state index in [0.717, 1.165) is 43.2 Å². The number of nitrogens with zero attached hydrogens (tertiary/aromatic N) is 1. The molecule has 3 rings (SSSR count). The summed E-state index contributed by atoms with van der Waals surface area (Å²) >= 11 is 0. The van der Waals surface area contributed by atoms with Crippen molar-refractivity contribution in [3.05, 3.63) is 35.4 Å². The predicted octanol–water partition coefficient (Wildman–Crippen LogP) is 1.98. The Morgan fingerprint density at radius 3 is 2.48 bits per heavy atom. The first kappa shape index (κ1) is 20.3. The Kier molecular flexibility index (Phi) is 6.55. The number of amides is 1. The van der Waals surface area contributed by atoms with Crippen LogP contribution >= 0.6 is 0 Å². The van der Waals surface area contributed by atoms with Gasteiger partial charge in [-0.25, -0.2) is 8.42 Å². The van der Waals surface area contributed by atoms with Crippen molar-refractivity contribution in [3.63, 3.8) is 0 Å². The number of morpholine rings is 1. The summed E-state index contributed by atoms with van der Waals surface area (Å²) in [7, 11) is -3.36. The Hall–Kier alpha value is -1.44. The molecule has 0 radical (unpaired) electrons. The average Bonchev–Trinajstić information content (AvgIpc) is 2.69. The molecule has 27 heavy (non-hydrogen) atoms. The number of rotatable bonds is 6. The monoisotopic (exact) mass is 394 g/mol. The summed E-state index contributed by atoms with van der Waals surface area (Å²) in [5.74, 6) is -0.101. The molecule has 1 aromatic rings. The van der Waals surface area contributed by atoms with Gasteiger partial charge in [-0.05, 0) is 30.9 Å². The minimum Gasteiger partial charge on any atom is -0.379 e. The number of benzene rings is 1. The van der Waals surface area contributed by atoms with Gasteiger partial charge in [0, 0.05) is 19.6 Å². The molecular formula is C20H30N2O4S. The van der Waals surface area contributed by atoms with E-state index in [2.05, 4.69) is 5.32 Å². The largest absolute Gasteiger partial charge is 0.379 e. The SMILES string of the molecule is Cc1ccccc1C1(C(=O)NCCS(=O)(=O)N2CCOCC2)CCCCC1. The van der Waals surface area contributed by atoms with Crippen molar-refractivity contribution in [2.45, 2.75) is 44.4 Å². The van der Waals surface area contributed by atoms with E-state index in [1.807, 2.05) is 31.2 Å². The summed E-state index contributed by atoms with van der Waals surface area (Å²) < 4.78 is 31.6. The van der Waals surface area contributed by atoms with Crippen LogP contribution in [-0.4, -0.2) is 57.2 Å². The lowest BCUT2D eigenvalue weighted by atomic mass is 9.67. The van der Waals surface area contributed by atoms with Gasteiger partial charge < -0.3 is 10.1 Å². The summed E-state index contributed by atoms with van der Waals surface area (Å²) in [4.78, 5) is 13.2. The fraction of sp³-hybridized carbons (Fsp3) is 0.650. The van der Waals surface area contributed by atoms with Crippen molar-refractivity contribution in [1.82, 2.24) is 9.62 Å². The molecule has 2 fully saturated rings. The number of aryl methyl sites for hydroxylation is 1. The second kappa shape index (κ2) is 8.71. The van der Waals surface area contributed by atoms with Gasteiger partial charge in [-0.1, -0.05) is 43.5 Å². The van der Waals surface area contributed by atoms with Gasteiger partial charge in [0.1, 0.15) is 0 Å². The topological polar surface area (TPSA) is 75.7 Å². The van der Waals surface area contributed by atoms with E-state index in [1.165, 1.54) is 4.31 Å². The van der Waals surface area contributed by atoms with Crippen molar-refractivity contribution >= 4 is 15.9 Å². The molecule has 1 amide bonds. The normalized spacial score (nSPS) is 20.9. The number of nitrogens with one attached hydrogen (secondary N) is 1. The lowest BCUT2D eigenvalue weighted by Gasteiger charge is -2.37. The third-order valence-electron chi connectivity index (χ3n) is 5.81. The zero-order chi connectivity index (χ0) is 19.3. The molecule has 0 bridgehead atoms. The average molecular weight is 395 g/mol. The molecule has 0 atom stereocenters. The number of ether oxygens (including phenoxy) is 1. The number of hydrogen-bond acceptors (Lipinski definition) is 4. The lowest BCUT2D eigenvalue weighted by molar-refractivity contribution is -0.128. The van der Waals surface area contributed by atoms with Crippen LogP contribution in [-0.2, 0) is 25.0 Å².